The number of morpholine rings is 1. The van der Waals surface area contributed by atoms with Gasteiger partial charge in [0.2, 0.25) is 11.8 Å². The molecule has 1 amide bonds. The molecule has 0 bridgehead atoms. The van der Waals surface area contributed by atoms with Gasteiger partial charge in [0, 0.05) is 31.4 Å². The summed E-state index contributed by atoms with van der Waals surface area (Å²) in [4.78, 5) is 26.9. The van der Waals surface area contributed by atoms with Crippen LogP contribution in [0.3, 0.4) is 0 Å². The van der Waals surface area contributed by atoms with Crippen molar-refractivity contribution in [2.24, 2.45) is 0 Å². The smallest absolute Gasteiger partial charge is 0.242 e. The lowest BCUT2D eigenvalue weighted by Gasteiger charge is -2.32. The quantitative estimate of drug-likeness (QED) is 0.630. The number of hydrogen-bond acceptors (Lipinski definition) is 7. The van der Waals surface area contributed by atoms with Crippen molar-refractivity contribution in [3.63, 3.8) is 0 Å². The third-order valence-electron chi connectivity index (χ3n) is 5.30. The lowest BCUT2D eigenvalue weighted by molar-refractivity contribution is -0.137. The molecule has 3 heterocycles. The van der Waals surface area contributed by atoms with E-state index in [2.05, 4.69) is 15.0 Å². The molecule has 0 spiro atoms. The van der Waals surface area contributed by atoms with E-state index in [9.17, 15) is 9.90 Å². The lowest BCUT2D eigenvalue weighted by Crippen LogP contribution is -2.46. The Kier molecular flexibility index (Phi) is 7.33. The fourth-order valence-corrected chi connectivity index (χ4v) is 3.52. The number of aromatic nitrogens is 3. The van der Waals surface area contributed by atoms with Crippen LogP contribution in [0.1, 0.15) is 26.3 Å². The fraction of sp³-hybridized carbons (Fsp3) is 0.391. The number of aliphatic hydroxyl groups is 1. The first-order valence-electron chi connectivity index (χ1n) is 10.3. The van der Waals surface area contributed by atoms with E-state index in [0.29, 0.717) is 42.3 Å². The largest absolute Gasteiger partial charge is 0.473 e. The SMILES string of the molecule is CC(=O)N1CCO[C@H](COc2nc(-c3ccc(C(C)(C)O)cc3)cc3nccnc23)C1.S. The number of ether oxygens (including phenoxy) is 2. The Morgan fingerprint density at radius 1 is 1.25 bits per heavy atom. The second-order valence-electron chi connectivity index (χ2n) is 8.14. The van der Waals surface area contributed by atoms with E-state index in [1.807, 2.05) is 30.3 Å². The van der Waals surface area contributed by atoms with Gasteiger partial charge in [-0.1, -0.05) is 24.3 Å². The highest BCUT2D eigenvalue weighted by molar-refractivity contribution is 7.59. The summed E-state index contributed by atoms with van der Waals surface area (Å²) in [5.74, 6) is 0.398. The average Bonchev–Trinajstić information content (AvgIpc) is 2.77. The standard InChI is InChI=1S/C23H26N4O4.H2S/c1-15(28)27-10-11-30-18(13-27)14-31-22-21-20(24-8-9-25-21)12-19(26-22)16-4-6-17(7-5-16)23(2,3)29;/h4-9,12,18,29H,10-11,13-14H2,1-3H3;1H2/t18-;/m0./s1. The Balaban J connectivity index is 0.00000289. The predicted molar refractivity (Wildman–Crippen MR) is 126 cm³/mol. The Morgan fingerprint density at radius 3 is 2.66 bits per heavy atom. The van der Waals surface area contributed by atoms with Gasteiger partial charge >= 0.3 is 0 Å². The molecule has 2 aromatic heterocycles. The first-order valence-corrected chi connectivity index (χ1v) is 10.3. The van der Waals surface area contributed by atoms with Crippen molar-refractivity contribution in [1.29, 1.82) is 0 Å². The summed E-state index contributed by atoms with van der Waals surface area (Å²) < 4.78 is 11.8. The molecule has 32 heavy (non-hydrogen) atoms. The monoisotopic (exact) mass is 456 g/mol. The van der Waals surface area contributed by atoms with Crippen LogP contribution in [0.15, 0.2) is 42.7 Å². The Labute approximate surface area is 194 Å². The van der Waals surface area contributed by atoms with E-state index in [1.54, 1.807) is 38.1 Å². The number of carbonyl (C=O) groups is 1. The van der Waals surface area contributed by atoms with Crippen LogP contribution in [0, 0.1) is 0 Å². The molecule has 1 atom stereocenters. The van der Waals surface area contributed by atoms with Crippen LogP contribution in [0.2, 0.25) is 0 Å². The molecule has 1 fully saturated rings. The van der Waals surface area contributed by atoms with Crippen molar-refractivity contribution >= 4 is 30.4 Å². The van der Waals surface area contributed by atoms with Crippen molar-refractivity contribution in [3.05, 3.63) is 48.3 Å². The maximum Gasteiger partial charge on any atom is 0.242 e. The summed E-state index contributed by atoms with van der Waals surface area (Å²) in [7, 11) is 0. The molecule has 0 aliphatic carbocycles. The maximum absolute atomic E-state index is 11.7. The number of carbonyl (C=O) groups excluding carboxylic acids is 1. The summed E-state index contributed by atoms with van der Waals surface area (Å²) in [5.41, 5.74) is 2.71. The molecule has 1 aliphatic rings. The number of benzene rings is 1. The number of rotatable bonds is 5. The minimum Gasteiger partial charge on any atom is -0.473 e. The fourth-order valence-electron chi connectivity index (χ4n) is 3.52. The molecule has 4 rings (SSSR count). The van der Waals surface area contributed by atoms with Gasteiger partial charge in [-0.3, -0.25) is 9.78 Å². The molecule has 1 N–H and O–H groups in total. The topological polar surface area (TPSA) is 97.7 Å². The molecule has 3 aromatic rings. The normalized spacial score (nSPS) is 16.5. The van der Waals surface area contributed by atoms with Crippen LogP contribution in [0.4, 0.5) is 0 Å². The minimum atomic E-state index is -0.914. The van der Waals surface area contributed by atoms with Crippen molar-refractivity contribution in [3.8, 4) is 17.1 Å². The molecule has 1 aliphatic heterocycles. The summed E-state index contributed by atoms with van der Waals surface area (Å²) in [5, 5.41) is 10.2. The van der Waals surface area contributed by atoms with Gasteiger partial charge in [0.1, 0.15) is 12.7 Å². The Bertz CT molecular complexity index is 1090. The van der Waals surface area contributed by atoms with Crippen molar-refractivity contribution in [2.45, 2.75) is 32.5 Å². The molecule has 1 saturated heterocycles. The maximum atomic E-state index is 11.7. The van der Waals surface area contributed by atoms with E-state index in [4.69, 9.17) is 9.47 Å². The van der Waals surface area contributed by atoms with Gasteiger partial charge in [-0.25, -0.2) is 9.97 Å². The minimum absolute atomic E-state index is 0. The summed E-state index contributed by atoms with van der Waals surface area (Å²) >= 11 is 0. The highest BCUT2D eigenvalue weighted by Gasteiger charge is 2.23. The van der Waals surface area contributed by atoms with Gasteiger partial charge < -0.3 is 19.5 Å². The third-order valence-corrected chi connectivity index (χ3v) is 5.30. The van der Waals surface area contributed by atoms with E-state index < -0.39 is 5.60 Å². The van der Waals surface area contributed by atoms with Gasteiger partial charge in [-0.05, 0) is 25.5 Å². The molecule has 0 saturated carbocycles. The van der Waals surface area contributed by atoms with Gasteiger partial charge in [0.05, 0.1) is 30.0 Å². The Morgan fingerprint density at radius 2 is 1.97 bits per heavy atom. The highest BCUT2D eigenvalue weighted by Crippen LogP contribution is 2.29. The van der Waals surface area contributed by atoms with Crippen molar-refractivity contribution in [2.75, 3.05) is 26.3 Å². The van der Waals surface area contributed by atoms with E-state index in [0.717, 1.165) is 11.1 Å². The molecule has 0 radical (unpaired) electrons. The van der Waals surface area contributed by atoms with Gasteiger partial charge in [0.25, 0.3) is 0 Å². The van der Waals surface area contributed by atoms with Crippen LogP contribution in [-0.2, 0) is 15.1 Å². The zero-order chi connectivity index (χ0) is 22.0. The second kappa shape index (κ2) is 9.81. The second-order valence-corrected chi connectivity index (χ2v) is 8.14. The number of pyridine rings is 1. The summed E-state index contributed by atoms with van der Waals surface area (Å²) in [6.07, 6.45) is 2.99. The summed E-state index contributed by atoms with van der Waals surface area (Å²) in [6.45, 7) is 6.86. The highest BCUT2D eigenvalue weighted by atomic mass is 32.1. The van der Waals surface area contributed by atoms with Gasteiger partial charge in [-0.2, -0.15) is 13.5 Å². The molecular weight excluding hydrogens is 428 g/mol. The molecule has 0 unspecified atom stereocenters. The molecule has 9 heteroatoms. The first kappa shape index (κ1) is 23.9. The molecule has 170 valence electrons. The predicted octanol–water partition coefficient (Wildman–Crippen LogP) is 2.66. The van der Waals surface area contributed by atoms with Crippen molar-refractivity contribution < 1.29 is 19.4 Å². The number of nitrogens with zero attached hydrogens (tertiary/aromatic N) is 4. The molecular formula is C23H28N4O4S. The molecule has 8 nitrogen and oxygen atoms in total. The van der Waals surface area contributed by atoms with Crippen LogP contribution >= 0.6 is 13.5 Å². The van der Waals surface area contributed by atoms with Crippen LogP contribution < -0.4 is 4.74 Å². The van der Waals surface area contributed by atoms with Crippen LogP contribution in [-0.4, -0.2) is 63.3 Å². The van der Waals surface area contributed by atoms with Crippen molar-refractivity contribution in [1.82, 2.24) is 19.9 Å². The third kappa shape index (κ3) is 5.35. The van der Waals surface area contributed by atoms with E-state index in [1.165, 1.54) is 0 Å². The average molecular weight is 457 g/mol. The van der Waals surface area contributed by atoms with Crippen LogP contribution in [0.5, 0.6) is 5.88 Å². The number of fused-ring (bicyclic) bond motifs is 1. The zero-order valence-corrected chi connectivity index (χ0v) is 19.4. The summed E-state index contributed by atoms with van der Waals surface area (Å²) in [6, 6.07) is 9.45. The number of amides is 1. The Hall–Kier alpha value is -2.75. The lowest BCUT2D eigenvalue weighted by atomic mass is 9.96. The zero-order valence-electron chi connectivity index (χ0n) is 18.4. The first-order chi connectivity index (χ1) is 14.8. The number of hydrogen-bond donors (Lipinski definition) is 1. The van der Waals surface area contributed by atoms with E-state index >= 15 is 0 Å². The van der Waals surface area contributed by atoms with Crippen LogP contribution in [0.25, 0.3) is 22.3 Å². The van der Waals surface area contributed by atoms with Gasteiger partial charge in [0.15, 0.2) is 5.52 Å². The van der Waals surface area contributed by atoms with Gasteiger partial charge in [-0.15, -0.1) is 0 Å². The molecule has 1 aromatic carbocycles. The van der Waals surface area contributed by atoms with E-state index in [-0.39, 0.29) is 32.1 Å².